The molecule has 0 aromatic heterocycles. The molecular weight excluding hydrogens is 422 g/mol. The van der Waals surface area contributed by atoms with Crippen molar-refractivity contribution in [3.8, 4) is 23.0 Å². The van der Waals surface area contributed by atoms with Gasteiger partial charge in [0.1, 0.15) is 24.7 Å². The number of hydrogen-bond donors (Lipinski definition) is 1. The number of carbonyl (C=O) groups excluding carboxylic acids is 2. The molecule has 0 spiro atoms. The number of imide groups is 1. The van der Waals surface area contributed by atoms with Crippen molar-refractivity contribution in [2.75, 3.05) is 43.7 Å². The Balaban J connectivity index is 1.49. The molecule has 3 aromatic rings. The van der Waals surface area contributed by atoms with Gasteiger partial charge in [0, 0.05) is 18.3 Å². The van der Waals surface area contributed by atoms with Gasteiger partial charge in [0.25, 0.3) is 5.91 Å². The van der Waals surface area contributed by atoms with Crippen molar-refractivity contribution in [2.45, 2.75) is 0 Å². The molecule has 0 saturated carbocycles. The summed E-state index contributed by atoms with van der Waals surface area (Å²) < 4.78 is 16.9. The molecule has 170 valence electrons. The highest BCUT2D eigenvalue weighted by atomic mass is 16.5. The van der Waals surface area contributed by atoms with Crippen LogP contribution in [0.25, 0.3) is 0 Å². The van der Waals surface area contributed by atoms with E-state index < -0.39 is 6.03 Å². The summed E-state index contributed by atoms with van der Waals surface area (Å²) in [5.41, 5.74) is 1.03. The van der Waals surface area contributed by atoms with Gasteiger partial charge in [-0.15, -0.1) is 0 Å². The number of anilines is 2. The molecule has 1 fully saturated rings. The van der Waals surface area contributed by atoms with Crippen molar-refractivity contribution in [2.24, 2.45) is 0 Å². The summed E-state index contributed by atoms with van der Waals surface area (Å²) in [5, 5.41) is 3.01. The van der Waals surface area contributed by atoms with Gasteiger partial charge in [-0.1, -0.05) is 18.2 Å². The van der Waals surface area contributed by atoms with Crippen LogP contribution in [0.4, 0.5) is 16.2 Å². The van der Waals surface area contributed by atoms with Crippen LogP contribution in [0.15, 0.2) is 72.8 Å². The Morgan fingerprint density at radius 3 is 2.27 bits per heavy atom. The first-order valence-electron chi connectivity index (χ1n) is 10.5. The van der Waals surface area contributed by atoms with Crippen LogP contribution >= 0.6 is 0 Å². The summed E-state index contributed by atoms with van der Waals surface area (Å²) >= 11 is 0. The molecule has 1 N–H and O–H groups in total. The van der Waals surface area contributed by atoms with Crippen LogP contribution in [0.3, 0.4) is 0 Å². The monoisotopic (exact) mass is 447 g/mol. The van der Waals surface area contributed by atoms with Gasteiger partial charge in [-0.25, -0.2) is 9.69 Å². The third kappa shape index (κ3) is 4.91. The maximum atomic E-state index is 13.1. The number of likely N-dealkylation sites (N-methyl/N-ethyl adjacent to an activating group) is 1. The maximum Gasteiger partial charge on any atom is 0.336 e. The van der Waals surface area contributed by atoms with E-state index in [2.05, 4.69) is 5.32 Å². The molecule has 4 rings (SSSR count). The topological polar surface area (TPSA) is 80.3 Å². The number of rotatable bonds is 9. The lowest BCUT2D eigenvalue weighted by atomic mass is 10.2. The van der Waals surface area contributed by atoms with Gasteiger partial charge in [0.2, 0.25) is 0 Å². The SMILES string of the molecule is CNCCOc1ccc(N2CC(=O)N(c3ccc(Oc4ccccc4)cc3)C2=O)cc1OC. The quantitative estimate of drug-likeness (QED) is 0.394. The average Bonchev–Trinajstić information content (AvgIpc) is 3.14. The molecule has 3 amide bonds. The van der Waals surface area contributed by atoms with Gasteiger partial charge >= 0.3 is 6.03 Å². The van der Waals surface area contributed by atoms with E-state index in [0.717, 1.165) is 4.90 Å². The zero-order valence-electron chi connectivity index (χ0n) is 18.5. The molecule has 0 bridgehead atoms. The van der Waals surface area contributed by atoms with E-state index in [-0.39, 0.29) is 12.5 Å². The maximum absolute atomic E-state index is 13.1. The highest BCUT2D eigenvalue weighted by molar-refractivity contribution is 6.27. The number of methoxy groups -OCH3 is 1. The van der Waals surface area contributed by atoms with Crippen molar-refractivity contribution < 1.29 is 23.8 Å². The molecule has 0 atom stereocenters. The van der Waals surface area contributed by atoms with Gasteiger partial charge in [-0.05, 0) is 55.6 Å². The van der Waals surface area contributed by atoms with E-state index in [1.54, 1.807) is 42.5 Å². The summed E-state index contributed by atoms with van der Waals surface area (Å²) in [4.78, 5) is 28.4. The Kier molecular flexibility index (Phi) is 6.75. The minimum Gasteiger partial charge on any atom is -0.493 e. The first-order chi connectivity index (χ1) is 16.1. The molecule has 8 heteroatoms. The summed E-state index contributed by atoms with van der Waals surface area (Å²) in [5.74, 6) is 2.06. The lowest BCUT2D eigenvalue weighted by Gasteiger charge is -2.19. The zero-order chi connectivity index (χ0) is 23.2. The minimum absolute atomic E-state index is 0.0653. The lowest BCUT2D eigenvalue weighted by Crippen LogP contribution is -2.32. The number of para-hydroxylation sites is 1. The van der Waals surface area contributed by atoms with Crippen LogP contribution in [-0.2, 0) is 4.79 Å². The molecule has 0 radical (unpaired) electrons. The summed E-state index contributed by atoms with van der Waals surface area (Å²) in [7, 11) is 3.38. The summed E-state index contributed by atoms with van der Waals surface area (Å²) in [6.45, 7) is 1.10. The highest BCUT2D eigenvalue weighted by Gasteiger charge is 2.38. The Labute approximate surface area is 192 Å². The first-order valence-corrected chi connectivity index (χ1v) is 10.5. The summed E-state index contributed by atoms with van der Waals surface area (Å²) in [6, 6.07) is 21.0. The van der Waals surface area contributed by atoms with Crippen molar-refractivity contribution in [1.82, 2.24) is 5.32 Å². The van der Waals surface area contributed by atoms with E-state index in [0.29, 0.717) is 47.5 Å². The van der Waals surface area contributed by atoms with Crippen molar-refractivity contribution in [1.29, 1.82) is 0 Å². The molecule has 1 aliphatic heterocycles. The first kappa shape index (κ1) is 22.2. The predicted octanol–water partition coefficient (Wildman–Crippen LogP) is 4.06. The molecule has 1 saturated heterocycles. The minimum atomic E-state index is -0.428. The predicted molar refractivity (Wildman–Crippen MR) is 126 cm³/mol. The second kappa shape index (κ2) is 10.1. The smallest absolute Gasteiger partial charge is 0.336 e. The van der Waals surface area contributed by atoms with Crippen LogP contribution in [0.5, 0.6) is 23.0 Å². The van der Waals surface area contributed by atoms with Gasteiger partial charge in [0.15, 0.2) is 11.5 Å². The fourth-order valence-corrected chi connectivity index (χ4v) is 3.45. The van der Waals surface area contributed by atoms with Crippen LogP contribution in [-0.4, -0.2) is 45.8 Å². The Bertz CT molecular complexity index is 1120. The molecule has 0 aliphatic carbocycles. The van der Waals surface area contributed by atoms with E-state index in [1.807, 2.05) is 37.4 Å². The van der Waals surface area contributed by atoms with Crippen molar-refractivity contribution >= 4 is 23.3 Å². The van der Waals surface area contributed by atoms with Crippen LogP contribution < -0.4 is 29.3 Å². The normalized spacial score (nSPS) is 13.4. The van der Waals surface area contributed by atoms with Crippen LogP contribution in [0.2, 0.25) is 0 Å². The second-order valence-corrected chi connectivity index (χ2v) is 7.29. The fourth-order valence-electron chi connectivity index (χ4n) is 3.45. The third-order valence-corrected chi connectivity index (χ3v) is 5.11. The molecule has 0 unspecified atom stereocenters. The van der Waals surface area contributed by atoms with Crippen molar-refractivity contribution in [3.05, 3.63) is 72.8 Å². The van der Waals surface area contributed by atoms with E-state index in [4.69, 9.17) is 14.2 Å². The average molecular weight is 447 g/mol. The molecular formula is C25H25N3O5. The van der Waals surface area contributed by atoms with Crippen LogP contribution in [0, 0.1) is 0 Å². The standard InChI is InChI=1S/C25H25N3O5/c1-26-14-15-32-22-13-10-19(16-23(22)31-2)27-17-24(29)28(25(27)30)18-8-11-21(12-9-18)33-20-6-4-3-5-7-20/h3-13,16,26H,14-15,17H2,1-2H3. The van der Waals surface area contributed by atoms with Gasteiger partial charge < -0.3 is 19.5 Å². The molecule has 33 heavy (non-hydrogen) atoms. The zero-order valence-corrected chi connectivity index (χ0v) is 18.5. The Morgan fingerprint density at radius 2 is 1.58 bits per heavy atom. The van der Waals surface area contributed by atoms with Gasteiger partial charge in [0.05, 0.1) is 12.8 Å². The number of urea groups is 1. The molecule has 1 aliphatic rings. The number of carbonyl (C=O) groups is 2. The number of hydrogen-bond acceptors (Lipinski definition) is 6. The number of amides is 3. The number of benzene rings is 3. The van der Waals surface area contributed by atoms with E-state index in [1.165, 1.54) is 12.0 Å². The number of nitrogens with one attached hydrogen (secondary N) is 1. The van der Waals surface area contributed by atoms with E-state index in [9.17, 15) is 9.59 Å². The Hall–Kier alpha value is -4.04. The van der Waals surface area contributed by atoms with Crippen LogP contribution in [0.1, 0.15) is 0 Å². The van der Waals surface area contributed by atoms with E-state index >= 15 is 0 Å². The van der Waals surface area contributed by atoms with Crippen molar-refractivity contribution in [3.63, 3.8) is 0 Å². The van der Waals surface area contributed by atoms with Gasteiger partial charge in [-0.3, -0.25) is 9.69 Å². The molecule has 3 aromatic carbocycles. The van der Waals surface area contributed by atoms with Gasteiger partial charge in [-0.2, -0.15) is 0 Å². The summed E-state index contributed by atoms with van der Waals surface area (Å²) in [6.07, 6.45) is 0. The molecule has 8 nitrogen and oxygen atoms in total. The third-order valence-electron chi connectivity index (χ3n) is 5.11. The highest BCUT2D eigenvalue weighted by Crippen LogP contribution is 2.34. The fraction of sp³-hybridized carbons (Fsp3) is 0.200. The Morgan fingerprint density at radius 1 is 0.879 bits per heavy atom. The molecule has 1 heterocycles. The lowest BCUT2D eigenvalue weighted by molar-refractivity contribution is -0.115. The number of nitrogens with zero attached hydrogens (tertiary/aromatic N) is 2. The largest absolute Gasteiger partial charge is 0.493 e. The second-order valence-electron chi connectivity index (χ2n) is 7.29. The number of ether oxygens (including phenoxy) is 3.